The molecule has 8 heteroatoms. The number of hydrogen-bond acceptors (Lipinski definition) is 6. The molecule has 0 saturated heterocycles. The number of hydrogen-bond donors (Lipinski definition) is 1. The van der Waals surface area contributed by atoms with Crippen molar-refractivity contribution in [3.63, 3.8) is 0 Å². The molecule has 0 atom stereocenters. The highest BCUT2D eigenvalue weighted by Gasteiger charge is 2.15. The molecule has 0 bridgehead atoms. The third kappa shape index (κ3) is 4.47. The van der Waals surface area contributed by atoms with E-state index >= 15 is 0 Å². The van der Waals surface area contributed by atoms with Gasteiger partial charge >= 0.3 is 0 Å². The number of aryl methyl sites for hydroxylation is 3. The third-order valence-corrected chi connectivity index (χ3v) is 6.89. The average molecular weight is 465 g/mol. The number of carbonyl (C=O) groups excluding carboxylic acids is 1. The summed E-state index contributed by atoms with van der Waals surface area (Å²) < 4.78 is 1.60. The van der Waals surface area contributed by atoms with Crippen LogP contribution in [-0.4, -0.2) is 26.2 Å². The molecule has 0 spiro atoms. The smallest absolute Gasteiger partial charge is 0.262 e. The van der Waals surface area contributed by atoms with Crippen LogP contribution in [0.1, 0.15) is 23.6 Å². The zero-order valence-electron chi connectivity index (χ0n) is 18.4. The number of carbonyl (C=O) groups is 1. The molecule has 0 fully saturated rings. The van der Waals surface area contributed by atoms with E-state index in [0.717, 1.165) is 11.3 Å². The Kier molecular flexibility index (Phi) is 6.43. The topological polar surface area (TPSA) is 76.9 Å². The van der Waals surface area contributed by atoms with Gasteiger partial charge in [0.1, 0.15) is 0 Å². The van der Waals surface area contributed by atoms with Gasteiger partial charge in [-0.2, -0.15) is 0 Å². The number of nitrogens with zero attached hydrogens (tertiary/aromatic N) is 3. The molecular weight excluding hydrogens is 440 g/mol. The maximum Gasteiger partial charge on any atom is 0.262 e. The Balaban J connectivity index is 1.49. The molecule has 0 aliphatic carbocycles. The van der Waals surface area contributed by atoms with Crippen LogP contribution in [0.2, 0.25) is 0 Å². The minimum absolute atomic E-state index is 0.0885. The van der Waals surface area contributed by atoms with Gasteiger partial charge in [-0.05, 0) is 51.0 Å². The molecule has 1 N–H and O–H groups in total. The summed E-state index contributed by atoms with van der Waals surface area (Å²) in [6.07, 6.45) is 0. The first-order valence-electron chi connectivity index (χ1n) is 10.3. The van der Waals surface area contributed by atoms with Gasteiger partial charge in [-0.1, -0.05) is 41.6 Å². The van der Waals surface area contributed by atoms with Crippen molar-refractivity contribution in [2.45, 2.75) is 39.4 Å². The van der Waals surface area contributed by atoms with Crippen LogP contribution < -0.4 is 10.9 Å². The Morgan fingerprint density at radius 1 is 1.12 bits per heavy atom. The van der Waals surface area contributed by atoms with Crippen LogP contribution in [-0.2, 0) is 11.3 Å². The second kappa shape index (κ2) is 9.26. The van der Waals surface area contributed by atoms with Gasteiger partial charge in [-0.25, -0.2) is 9.97 Å². The Hall–Kier alpha value is -2.97. The lowest BCUT2D eigenvalue weighted by Gasteiger charge is -2.11. The lowest BCUT2D eigenvalue weighted by Crippen LogP contribution is -2.23. The van der Waals surface area contributed by atoms with E-state index in [-0.39, 0.29) is 17.2 Å². The van der Waals surface area contributed by atoms with Crippen molar-refractivity contribution in [1.82, 2.24) is 14.5 Å². The standard InChI is InChI=1S/C24H24N4O2S2/c1-5-28-22(30)17-8-6-7-9-18(17)26-24(28)32-13-20(29)27-23-25-19(12-31-23)21-15(3)10-14(2)11-16(21)4/h6-12H,5,13H2,1-4H3,(H,25,27,29). The molecule has 2 aromatic heterocycles. The molecular formula is C24H24N4O2S2. The molecule has 32 heavy (non-hydrogen) atoms. The first-order chi connectivity index (χ1) is 15.4. The zero-order chi connectivity index (χ0) is 22.8. The molecule has 4 aromatic rings. The number of nitrogens with one attached hydrogen (secondary N) is 1. The summed E-state index contributed by atoms with van der Waals surface area (Å²) in [5.41, 5.74) is 6.07. The number of rotatable bonds is 6. The van der Waals surface area contributed by atoms with Crippen LogP contribution in [0.4, 0.5) is 5.13 Å². The predicted molar refractivity (Wildman–Crippen MR) is 133 cm³/mol. The summed E-state index contributed by atoms with van der Waals surface area (Å²) in [7, 11) is 0. The number of thioether (sulfide) groups is 1. The normalized spacial score (nSPS) is 11.1. The average Bonchev–Trinajstić information content (AvgIpc) is 3.19. The Morgan fingerprint density at radius 3 is 2.56 bits per heavy atom. The summed E-state index contributed by atoms with van der Waals surface area (Å²) in [5, 5.41) is 6.52. The molecule has 2 aromatic carbocycles. The van der Waals surface area contributed by atoms with E-state index in [2.05, 4.69) is 48.2 Å². The number of thiazole rings is 1. The monoisotopic (exact) mass is 464 g/mol. The summed E-state index contributed by atoms with van der Waals surface area (Å²) >= 11 is 2.66. The quantitative estimate of drug-likeness (QED) is 0.314. The number of amides is 1. The van der Waals surface area contributed by atoms with E-state index in [9.17, 15) is 9.59 Å². The number of benzene rings is 2. The molecule has 4 rings (SSSR count). The fourth-order valence-electron chi connectivity index (χ4n) is 3.85. The molecule has 0 radical (unpaired) electrons. The molecule has 164 valence electrons. The molecule has 0 unspecified atom stereocenters. The Morgan fingerprint density at radius 2 is 1.84 bits per heavy atom. The van der Waals surface area contributed by atoms with E-state index in [0.29, 0.717) is 27.7 Å². The molecule has 2 heterocycles. The summed E-state index contributed by atoms with van der Waals surface area (Å²) in [4.78, 5) is 34.5. The number of aromatic nitrogens is 3. The van der Waals surface area contributed by atoms with Gasteiger partial charge in [0.25, 0.3) is 5.56 Å². The van der Waals surface area contributed by atoms with Crippen molar-refractivity contribution in [3.05, 3.63) is 68.8 Å². The number of para-hydroxylation sites is 1. The van der Waals surface area contributed by atoms with Gasteiger partial charge < -0.3 is 5.32 Å². The van der Waals surface area contributed by atoms with Crippen LogP contribution in [0, 0.1) is 20.8 Å². The second-order valence-corrected chi connectivity index (χ2v) is 9.41. The van der Waals surface area contributed by atoms with Gasteiger partial charge in [0.05, 0.1) is 22.3 Å². The fraction of sp³-hybridized carbons (Fsp3) is 0.250. The summed E-state index contributed by atoms with van der Waals surface area (Å²) in [6, 6.07) is 11.5. The fourth-order valence-corrected chi connectivity index (χ4v) is 5.43. The summed E-state index contributed by atoms with van der Waals surface area (Å²) in [6.45, 7) is 8.62. The Labute approximate surface area is 194 Å². The lowest BCUT2D eigenvalue weighted by atomic mass is 9.98. The lowest BCUT2D eigenvalue weighted by molar-refractivity contribution is -0.113. The van der Waals surface area contributed by atoms with Crippen molar-refractivity contribution in [2.75, 3.05) is 11.1 Å². The number of anilines is 1. The largest absolute Gasteiger partial charge is 0.301 e. The molecule has 0 saturated carbocycles. The minimum Gasteiger partial charge on any atom is -0.301 e. The summed E-state index contributed by atoms with van der Waals surface area (Å²) in [5.74, 6) is -0.0410. The van der Waals surface area contributed by atoms with Gasteiger partial charge in [0.15, 0.2) is 10.3 Å². The highest BCUT2D eigenvalue weighted by molar-refractivity contribution is 7.99. The van der Waals surface area contributed by atoms with Crippen molar-refractivity contribution < 1.29 is 4.79 Å². The molecule has 0 aliphatic heterocycles. The molecule has 6 nitrogen and oxygen atoms in total. The highest BCUT2D eigenvalue weighted by Crippen LogP contribution is 2.31. The molecule has 0 aliphatic rings. The van der Waals surface area contributed by atoms with Crippen molar-refractivity contribution in [2.24, 2.45) is 0 Å². The van der Waals surface area contributed by atoms with Gasteiger partial charge in [-0.15, -0.1) is 11.3 Å². The predicted octanol–water partition coefficient (Wildman–Crippen LogP) is 5.20. The van der Waals surface area contributed by atoms with E-state index in [1.165, 1.54) is 39.8 Å². The van der Waals surface area contributed by atoms with E-state index in [1.807, 2.05) is 30.5 Å². The third-order valence-electron chi connectivity index (χ3n) is 5.16. The van der Waals surface area contributed by atoms with Gasteiger partial charge in [-0.3, -0.25) is 14.2 Å². The van der Waals surface area contributed by atoms with Gasteiger partial charge in [0.2, 0.25) is 5.91 Å². The highest BCUT2D eigenvalue weighted by atomic mass is 32.2. The zero-order valence-corrected chi connectivity index (χ0v) is 20.1. The van der Waals surface area contributed by atoms with Crippen molar-refractivity contribution in [1.29, 1.82) is 0 Å². The number of fused-ring (bicyclic) bond motifs is 1. The minimum atomic E-state index is -0.182. The van der Waals surface area contributed by atoms with Crippen molar-refractivity contribution in [3.8, 4) is 11.3 Å². The Bertz CT molecular complexity index is 1350. The maximum absolute atomic E-state index is 12.7. The SMILES string of the molecule is CCn1c(SCC(=O)Nc2nc(-c3c(C)cc(C)cc3C)cs2)nc2ccccc2c1=O. The van der Waals surface area contributed by atoms with E-state index in [4.69, 9.17) is 0 Å². The van der Waals surface area contributed by atoms with E-state index in [1.54, 1.807) is 10.6 Å². The van der Waals surface area contributed by atoms with Crippen LogP contribution in [0.15, 0.2) is 51.7 Å². The van der Waals surface area contributed by atoms with E-state index < -0.39 is 0 Å². The van der Waals surface area contributed by atoms with Crippen molar-refractivity contribution >= 4 is 45.0 Å². The maximum atomic E-state index is 12.7. The van der Waals surface area contributed by atoms with Gasteiger partial charge in [0, 0.05) is 17.5 Å². The van der Waals surface area contributed by atoms with Crippen LogP contribution in [0.25, 0.3) is 22.2 Å². The van der Waals surface area contributed by atoms with Crippen LogP contribution in [0.3, 0.4) is 0 Å². The molecule has 1 amide bonds. The van der Waals surface area contributed by atoms with Crippen LogP contribution >= 0.6 is 23.1 Å². The first kappa shape index (κ1) is 22.2. The van der Waals surface area contributed by atoms with Crippen LogP contribution in [0.5, 0.6) is 0 Å². The second-order valence-electron chi connectivity index (χ2n) is 7.61. The first-order valence-corrected chi connectivity index (χ1v) is 12.2.